The standard InChI is InChI=1S/C16H26N3O6P.C6H6O/c1-9(2)24-15(21)11(4)18-26-23-8-12-7-10(3)14(25-12)19-6-5-13(20)17-16(19)22;7-6-4-2-1-3-5-6/h5-6,9-12,14,18,26H,7-8H2,1-4H3,(H,17,20,22);1-5,7H/t10-,11-,12-,14+;/m0./s1. The maximum Gasteiger partial charge on any atom is 0.330 e. The number of aromatic amines is 1. The Hall–Kier alpha value is -2.52. The van der Waals surface area contributed by atoms with Crippen LogP contribution in [0.25, 0.3) is 0 Å². The molecule has 3 rings (SSSR count). The van der Waals surface area contributed by atoms with Crippen molar-refractivity contribution in [2.75, 3.05) is 6.61 Å². The number of carbonyl (C=O) groups is 1. The van der Waals surface area contributed by atoms with E-state index in [0.29, 0.717) is 12.4 Å². The first-order chi connectivity index (χ1) is 15.7. The van der Waals surface area contributed by atoms with Gasteiger partial charge in [-0.25, -0.2) is 4.79 Å². The predicted molar refractivity (Wildman–Crippen MR) is 125 cm³/mol. The highest BCUT2D eigenvalue weighted by molar-refractivity contribution is 7.29. The van der Waals surface area contributed by atoms with E-state index in [1.54, 1.807) is 45.0 Å². The number of hydrogen-bond acceptors (Lipinski definition) is 8. The van der Waals surface area contributed by atoms with Crippen LogP contribution in [0, 0.1) is 5.92 Å². The zero-order chi connectivity index (χ0) is 24.4. The van der Waals surface area contributed by atoms with Crippen LogP contribution in [0.1, 0.15) is 40.3 Å². The second-order valence-corrected chi connectivity index (χ2v) is 8.76. The number of benzene rings is 1. The first-order valence-electron chi connectivity index (χ1n) is 10.7. The molecule has 1 unspecified atom stereocenters. The van der Waals surface area contributed by atoms with E-state index in [1.165, 1.54) is 16.8 Å². The zero-order valence-electron chi connectivity index (χ0n) is 19.2. The van der Waals surface area contributed by atoms with E-state index in [9.17, 15) is 14.4 Å². The molecule has 2 aromatic rings. The van der Waals surface area contributed by atoms with Gasteiger partial charge in [0.25, 0.3) is 5.56 Å². The highest BCUT2D eigenvalue weighted by Crippen LogP contribution is 2.33. The van der Waals surface area contributed by atoms with Gasteiger partial charge in [-0.2, -0.15) is 0 Å². The summed E-state index contributed by atoms with van der Waals surface area (Å²) in [6.45, 7) is 7.63. The van der Waals surface area contributed by atoms with Crippen molar-refractivity contribution in [2.24, 2.45) is 5.92 Å². The lowest BCUT2D eigenvalue weighted by molar-refractivity contribution is -0.148. The van der Waals surface area contributed by atoms with E-state index in [2.05, 4.69) is 10.1 Å². The summed E-state index contributed by atoms with van der Waals surface area (Å²) in [5.74, 6) is 0.102. The van der Waals surface area contributed by atoms with Gasteiger partial charge in [0.15, 0.2) is 0 Å². The Kier molecular flexibility index (Phi) is 10.7. The van der Waals surface area contributed by atoms with E-state index in [0.717, 1.165) is 6.42 Å². The van der Waals surface area contributed by atoms with Crippen molar-refractivity contribution in [1.82, 2.24) is 14.6 Å². The number of aromatic nitrogens is 2. The lowest BCUT2D eigenvalue weighted by Crippen LogP contribution is -2.33. The van der Waals surface area contributed by atoms with E-state index >= 15 is 0 Å². The minimum atomic E-state index is -0.489. The molecule has 33 heavy (non-hydrogen) atoms. The van der Waals surface area contributed by atoms with Gasteiger partial charge in [0.2, 0.25) is 0 Å². The van der Waals surface area contributed by atoms with Gasteiger partial charge in [-0.1, -0.05) is 25.1 Å². The Bertz CT molecular complexity index is 980. The topological polar surface area (TPSA) is 132 Å². The summed E-state index contributed by atoms with van der Waals surface area (Å²) >= 11 is 0. The Morgan fingerprint density at radius 3 is 2.55 bits per heavy atom. The van der Waals surface area contributed by atoms with Gasteiger partial charge < -0.3 is 19.1 Å². The average molecular weight is 481 g/mol. The van der Waals surface area contributed by atoms with Crippen LogP contribution in [0.2, 0.25) is 0 Å². The molecule has 11 heteroatoms. The third-order valence-corrected chi connectivity index (χ3v) is 5.52. The number of ether oxygens (including phenoxy) is 2. The zero-order valence-corrected chi connectivity index (χ0v) is 20.2. The van der Waals surface area contributed by atoms with Crippen LogP contribution < -0.4 is 16.3 Å². The molecular formula is C22H32N3O7P. The summed E-state index contributed by atoms with van der Waals surface area (Å²) in [5, 5.41) is 11.6. The molecule has 1 aromatic carbocycles. The van der Waals surface area contributed by atoms with Crippen LogP contribution in [-0.4, -0.2) is 45.5 Å². The second-order valence-electron chi connectivity index (χ2n) is 7.98. The van der Waals surface area contributed by atoms with Crippen molar-refractivity contribution in [2.45, 2.75) is 58.6 Å². The van der Waals surface area contributed by atoms with Gasteiger partial charge in [0, 0.05) is 18.2 Å². The molecule has 1 fully saturated rings. The Labute approximate surface area is 194 Å². The maximum absolute atomic E-state index is 11.9. The Balaban J connectivity index is 0.000000468. The van der Waals surface area contributed by atoms with Crippen LogP contribution in [0.4, 0.5) is 0 Å². The molecule has 0 radical (unpaired) electrons. The number of H-pyrrole nitrogens is 1. The van der Waals surface area contributed by atoms with Crippen LogP contribution in [0.5, 0.6) is 5.75 Å². The number of carbonyl (C=O) groups excluding carboxylic acids is 1. The van der Waals surface area contributed by atoms with Crippen LogP contribution in [0.15, 0.2) is 52.2 Å². The van der Waals surface area contributed by atoms with Crippen LogP contribution in [0.3, 0.4) is 0 Å². The molecule has 0 amide bonds. The first kappa shape index (κ1) is 26.7. The molecule has 2 heterocycles. The third kappa shape index (κ3) is 9.09. The first-order valence-corrected chi connectivity index (χ1v) is 11.6. The summed E-state index contributed by atoms with van der Waals surface area (Å²) in [6.07, 6.45) is 1.41. The van der Waals surface area contributed by atoms with E-state index in [1.807, 2.05) is 13.0 Å². The number of esters is 1. The normalized spacial score (nSPS) is 21.1. The van der Waals surface area contributed by atoms with Crippen molar-refractivity contribution >= 4 is 14.9 Å². The van der Waals surface area contributed by atoms with Gasteiger partial charge in [0.1, 0.15) is 18.0 Å². The molecule has 1 aliphatic rings. The molecule has 0 aliphatic carbocycles. The third-order valence-electron chi connectivity index (χ3n) is 4.66. The number of rotatable bonds is 8. The number of para-hydroxylation sites is 1. The van der Waals surface area contributed by atoms with Crippen LogP contribution in [-0.2, 0) is 18.8 Å². The molecule has 0 spiro atoms. The van der Waals surface area contributed by atoms with Crippen molar-refractivity contribution < 1.29 is 23.9 Å². The molecule has 0 saturated carbocycles. The molecular weight excluding hydrogens is 449 g/mol. The minimum Gasteiger partial charge on any atom is -0.508 e. The second kappa shape index (κ2) is 13.3. The summed E-state index contributed by atoms with van der Waals surface area (Å²) in [7, 11) is -0.0715. The molecule has 0 bridgehead atoms. The fraction of sp³-hybridized carbons (Fsp3) is 0.500. The van der Waals surface area contributed by atoms with Gasteiger partial charge >= 0.3 is 11.7 Å². The van der Waals surface area contributed by atoms with Gasteiger partial charge in [-0.05, 0) is 39.3 Å². The van der Waals surface area contributed by atoms with Crippen molar-refractivity contribution in [1.29, 1.82) is 0 Å². The Morgan fingerprint density at radius 2 is 1.97 bits per heavy atom. The smallest absolute Gasteiger partial charge is 0.330 e. The lowest BCUT2D eigenvalue weighted by atomic mass is 10.1. The number of aromatic hydroxyl groups is 1. The summed E-state index contributed by atoms with van der Waals surface area (Å²) < 4.78 is 17.9. The highest BCUT2D eigenvalue weighted by atomic mass is 31.1. The molecule has 1 aromatic heterocycles. The number of nitrogens with zero attached hydrogens (tertiary/aromatic N) is 1. The minimum absolute atomic E-state index is 0.0715. The molecule has 1 saturated heterocycles. The monoisotopic (exact) mass is 481 g/mol. The number of hydrogen-bond donors (Lipinski definition) is 3. The largest absolute Gasteiger partial charge is 0.508 e. The number of nitrogens with one attached hydrogen (secondary N) is 2. The SMILES string of the molecule is CC(C)OC(=O)[C@H](C)NPOC[C@@H]1C[C@H](C)[C@H](n2ccc(=O)[nH]c2=O)O1.Oc1ccccc1. The quantitative estimate of drug-likeness (QED) is 0.297. The molecule has 1 aliphatic heterocycles. The fourth-order valence-electron chi connectivity index (χ4n) is 3.08. The van der Waals surface area contributed by atoms with Crippen molar-refractivity contribution in [3.63, 3.8) is 0 Å². The van der Waals surface area contributed by atoms with Gasteiger partial charge in [-0.15, -0.1) is 0 Å². The molecule has 182 valence electrons. The summed E-state index contributed by atoms with van der Waals surface area (Å²) in [4.78, 5) is 37.0. The van der Waals surface area contributed by atoms with Crippen molar-refractivity contribution in [3.05, 3.63) is 63.4 Å². The fourth-order valence-corrected chi connectivity index (χ4v) is 3.73. The maximum atomic E-state index is 11.9. The summed E-state index contributed by atoms with van der Waals surface area (Å²) in [6, 6.07) is 9.56. The highest BCUT2D eigenvalue weighted by Gasteiger charge is 2.34. The van der Waals surface area contributed by atoms with E-state index < -0.39 is 23.5 Å². The van der Waals surface area contributed by atoms with Gasteiger partial charge in [-0.3, -0.25) is 24.2 Å². The Morgan fingerprint density at radius 1 is 1.27 bits per heavy atom. The summed E-state index contributed by atoms with van der Waals surface area (Å²) in [5.41, 5.74) is -0.925. The number of phenols is 1. The predicted octanol–water partition coefficient (Wildman–Crippen LogP) is 2.31. The van der Waals surface area contributed by atoms with E-state index in [-0.39, 0.29) is 33.1 Å². The molecule has 3 N–H and O–H groups in total. The van der Waals surface area contributed by atoms with E-state index in [4.69, 9.17) is 19.1 Å². The van der Waals surface area contributed by atoms with Crippen LogP contribution >= 0.6 is 8.96 Å². The average Bonchev–Trinajstić information content (AvgIpc) is 3.11. The lowest BCUT2D eigenvalue weighted by Gasteiger charge is -2.18. The van der Waals surface area contributed by atoms with Crippen molar-refractivity contribution in [3.8, 4) is 5.75 Å². The molecule has 10 nitrogen and oxygen atoms in total. The number of phenolic OH excluding ortho intramolecular Hbond substituents is 1. The molecule has 5 atom stereocenters. The van der Waals surface area contributed by atoms with Gasteiger partial charge in [0.05, 0.1) is 27.8 Å².